The van der Waals surface area contributed by atoms with Crippen LogP contribution in [0.25, 0.3) is 0 Å². The van der Waals surface area contributed by atoms with E-state index < -0.39 is 0 Å². The summed E-state index contributed by atoms with van der Waals surface area (Å²) in [6, 6.07) is 0. The van der Waals surface area contributed by atoms with Crippen LogP contribution in [0.5, 0.6) is 0 Å². The third-order valence-corrected chi connectivity index (χ3v) is 2.76. The molecule has 100 valence electrons. The molecule has 17 heavy (non-hydrogen) atoms. The Morgan fingerprint density at radius 3 is 2.41 bits per heavy atom. The molecule has 0 radical (unpaired) electrons. The fraction of sp³-hybridized carbons (Fsp3) is 0.917. The first-order chi connectivity index (χ1) is 8.13. The Morgan fingerprint density at radius 2 is 1.88 bits per heavy atom. The van der Waals surface area contributed by atoms with Gasteiger partial charge in [-0.05, 0) is 20.8 Å². The largest absolute Gasteiger partial charge is 0.450 e. The van der Waals surface area contributed by atoms with Gasteiger partial charge in [0.05, 0.1) is 19.3 Å². The highest BCUT2D eigenvalue weighted by atomic mass is 16.6. The first-order valence-corrected chi connectivity index (χ1v) is 6.39. The number of hydrogen-bond donors (Lipinski definition) is 0. The highest BCUT2D eigenvalue weighted by Crippen LogP contribution is 2.03. The molecule has 0 aromatic rings. The molecule has 0 unspecified atom stereocenters. The molecular formula is C12H24N2O3. The van der Waals surface area contributed by atoms with Crippen LogP contribution in [0.3, 0.4) is 0 Å². The van der Waals surface area contributed by atoms with Crippen molar-refractivity contribution in [1.82, 2.24) is 9.80 Å². The van der Waals surface area contributed by atoms with Gasteiger partial charge in [0, 0.05) is 32.7 Å². The van der Waals surface area contributed by atoms with Gasteiger partial charge in [0.15, 0.2) is 0 Å². The first-order valence-electron chi connectivity index (χ1n) is 6.39. The minimum Gasteiger partial charge on any atom is -0.450 e. The van der Waals surface area contributed by atoms with E-state index in [0.717, 1.165) is 39.3 Å². The van der Waals surface area contributed by atoms with Crippen molar-refractivity contribution in [1.29, 1.82) is 0 Å². The first kappa shape index (κ1) is 14.3. The van der Waals surface area contributed by atoms with E-state index in [0.29, 0.717) is 6.61 Å². The van der Waals surface area contributed by atoms with Crippen LogP contribution in [0.2, 0.25) is 0 Å². The van der Waals surface area contributed by atoms with Crippen molar-refractivity contribution >= 4 is 6.09 Å². The zero-order valence-electron chi connectivity index (χ0n) is 11.1. The minimum absolute atomic E-state index is 0.189. The fourth-order valence-corrected chi connectivity index (χ4v) is 1.79. The Balaban J connectivity index is 2.15. The predicted molar refractivity (Wildman–Crippen MR) is 66.1 cm³/mol. The molecule has 0 bridgehead atoms. The van der Waals surface area contributed by atoms with E-state index in [9.17, 15) is 4.79 Å². The Hall–Kier alpha value is -0.810. The monoisotopic (exact) mass is 244 g/mol. The summed E-state index contributed by atoms with van der Waals surface area (Å²) in [5, 5.41) is 0. The van der Waals surface area contributed by atoms with E-state index in [1.807, 2.05) is 20.8 Å². The lowest BCUT2D eigenvalue weighted by Crippen LogP contribution is -2.49. The van der Waals surface area contributed by atoms with E-state index in [2.05, 4.69) is 4.90 Å². The molecular weight excluding hydrogens is 220 g/mol. The Bertz CT molecular complexity index is 226. The summed E-state index contributed by atoms with van der Waals surface area (Å²) in [5.41, 5.74) is 0. The second-order valence-corrected chi connectivity index (χ2v) is 4.45. The molecule has 1 amide bonds. The van der Waals surface area contributed by atoms with E-state index in [1.165, 1.54) is 0 Å². The molecule has 0 saturated carbocycles. The molecule has 1 fully saturated rings. The summed E-state index contributed by atoms with van der Waals surface area (Å²) in [6.45, 7) is 11.4. The topological polar surface area (TPSA) is 42.0 Å². The summed E-state index contributed by atoms with van der Waals surface area (Å²) < 4.78 is 10.5. The zero-order chi connectivity index (χ0) is 12.7. The minimum atomic E-state index is -0.189. The number of nitrogens with zero attached hydrogens (tertiary/aromatic N) is 2. The van der Waals surface area contributed by atoms with Gasteiger partial charge in [-0.3, -0.25) is 4.90 Å². The van der Waals surface area contributed by atoms with Gasteiger partial charge >= 0.3 is 6.09 Å². The number of ether oxygens (including phenoxy) is 2. The van der Waals surface area contributed by atoms with Crippen molar-refractivity contribution in [2.45, 2.75) is 26.9 Å². The average molecular weight is 244 g/mol. The van der Waals surface area contributed by atoms with Crippen molar-refractivity contribution in [3.63, 3.8) is 0 Å². The third kappa shape index (κ3) is 5.37. The molecule has 1 aliphatic heterocycles. The Morgan fingerprint density at radius 1 is 1.24 bits per heavy atom. The van der Waals surface area contributed by atoms with Crippen molar-refractivity contribution in [2.75, 3.05) is 45.9 Å². The Kier molecular flexibility index (Phi) is 6.29. The molecule has 0 aromatic heterocycles. The van der Waals surface area contributed by atoms with Crippen molar-refractivity contribution in [2.24, 2.45) is 0 Å². The van der Waals surface area contributed by atoms with Gasteiger partial charge in [0.1, 0.15) is 0 Å². The van der Waals surface area contributed by atoms with Crippen LogP contribution in [-0.4, -0.2) is 67.9 Å². The maximum Gasteiger partial charge on any atom is 0.409 e. The lowest BCUT2D eigenvalue weighted by atomic mass is 10.3. The van der Waals surface area contributed by atoms with E-state index in [-0.39, 0.29) is 12.2 Å². The third-order valence-electron chi connectivity index (χ3n) is 2.76. The predicted octanol–water partition coefficient (Wildman–Crippen LogP) is 1.19. The molecule has 0 atom stereocenters. The molecule has 0 spiro atoms. The standard InChI is InChI=1S/C12H24N2O3/c1-4-16-12(15)14-7-5-13(6-8-14)9-10-17-11(2)3/h11H,4-10H2,1-3H3. The second kappa shape index (κ2) is 7.50. The van der Waals surface area contributed by atoms with E-state index in [4.69, 9.17) is 9.47 Å². The van der Waals surface area contributed by atoms with Gasteiger partial charge in [-0.25, -0.2) is 4.79 Å². The molecule has 1 heterocycles. The zero-order valence-corrected chi connectivity index (χ0v) is 11.1. The van der Waals surface area contributed by atoms with Crippen LogP contribution in [0, 0.1) is 0 Å². The van der Waals surface area contributed by atoms with Gasteiger partial charge < -0.3 is 14.4 Å². The fourth-order valence-electron chi connectivity index (χ4n) is 1.79. The quantitative estimate of drug-likeness (QED) is 0.728. The number of piperazine rings is 1. The molecule has 0 aromatic carbocycles. The smallest absolute Gasteiger partial charge is 0.409 e. The summed E-state index contributed by atoms with van der Waals surface area (Å²) in [6.07, 6.45) is 0.0985. The van der Waals surface area contributed by atoms with Crippen LogP contribution < -0.4 is 0 Å². The van der Waals surface area contributed by atoms with Gasteiger partial charge in [0.2, 0.25) is 0 Å². The van der Waals surface area contributed by atoms with Gasteiger partial charge in [-0.1, -0.05) is 0 Å². The second-order valence-electron chi connectivity index (χ2n) is 4.45. The lowest BCUT2D eigenvalue weighted by Gasteiger charge is -2.33. The molecule has 0 N–H and O–H groups in total. The maximum atomic E-state index is 11.5. The number of hydrogen-bond acceptors (Lipinski definition) is 4. The highest BCUT2D eigenvalue weighted by molar-refractivity contribution is 5.67. The van der Waals surface area contributed by atoms with Crippen LogP contribution in [-0.2, 0) is 9.47 Å². The van der Waals surface area contributed by atoms with Gasteiger partial charge in [-0.15, -0.1) is 0 Å². The molecule has 5 nitrogen and oxygen atoms in total. The normalized spacial score (nSPS) is 17.5. The Labute approximate surface area is 104 Å². The molecule has 1 aliphatic rings. The number of rotatable bonds is 5. The van der Waals surface area contributed by atoms with E-state index >= 15 is 0 Å². The molecule has 0 aliphatic carbocycles. The summed E-state index contributed by atoms with van der Waals surface area (Å²) in [7, 11) is 0. The maximum absolute atomic E-state index is 11.5. The average Bonchev–Trinajstić information content (AvgIpc) is 2.30. The van der Waals surface area contributed by atoms with Crippen molar-refractivity contribution < 1.29 is 14.3 Å². The van der Waals surface area contributed by atoms with Gasteiger partial charge in [-0.2, -0.15) is 0 Å². The molecule has 1 saturated heterocycles. The van der Waals surface area contributed by atoms with E-state index in [1.54, 1.807) is 4.90 Å². The van der Waals surface area contributed by atoms with Crippen molar-refractivity contribution in [3.05, 3.63) is 0 Å². The van der Waals surface area contributed by atoms with Crippen LogP contribution in [0.15, 0.2) is 0 Å². The summed E-state index contributed by atoms with van der Waals surface area (Å²) >= 11 is 0. The summed E-state index contributed by atoms with van der Waals surface area (Å²) in [4.78, 5) is 15.6. The SMILES string of the molecule is CCOC(=O)N1CCN(CCOC(C)C)CC1. The van der Waals surface area contributed by atoms with Crippen molar-refractivity contribution in [3.8, 4) is 0 Å². The highest BCUT2D eigenvalue weighted by Gasteiger charge is 2.21. The molecule has 5 heteroatoms. The van der Waals surface area contributed by atoms with Crippen LogP contribution in [0.4, 0.5) is 4.79 Å². The summed E-state index contributed by atoms with van der Waals surface area (Å²) in [5.74, 6) is 0. The lowest BCUT2D eigenvalue weighted by molar-refractivity contribution is 0.0410. The molecule has 1 rings (SSSR count). The van der Waals surface area contributed by atoms with Crippen LogP contribution >= 0.6 is 0 Å². The number of carbonyl (C=O) groups excluding carboxylic acids is 1. The number of amides is 1. The number of carbonyl (C=O) groups is 1. The van der Waals surface area contributed by atoms with Crippen LogP contribution in [0.1, 0.15) is 20.8 Å². The van der Waals surface area contributed by atoms with Gasteiger partial charge in [0.25, 0.3) is 0 Å².